The van der Waals surface area contributed by atoms with E-state index in [1.54, 1.807) is 20.8 Å². The monoisotopic (exact) mass is 249 g/mol. The van der Waals surface area contributed by atoms with Crippen LogP contribution in [0.25, 0.3) is 0 Å². The number of nitrogens with zero attached hydrogens (tertiary/aromatic N) is 1. The van der Waals surface area contributed by atoms with Crippen LogP contribution < -0.4 is 0 Å². The summed E-state index contributed by atoms with van der Waals surface area (Å²) in [4.78, 5) is 23.2. The first-order valence-corrected chi connectivity index (χ1v) is 5.18. The molecule has 3 unspecified atom stereocenters. The fraction of sp³-hybridized carbons (Fsp3) is 0.800. The molecule has 0 radical (unpaired) electrons. The van der Waals surface area contributed by atoms with Crippen molar-refractivity contribution in [2.24, 2.45) is 0 Å². The first-order valence-electron chi connectivity index (χ1n) is 5.18. The van der Waals surface area contributed by atoms with Gasteiger partial charge in [0.2, 0.25) is 0 Å². The average Bonchev–Trinajstić information content (AvgIpc) is 2.40. The number of ether oxygens (including phenoxy) is 1. The Bertz CT molecular complexity index is 327. The van der Waals surface area contributed by atoms with Crippen molar-refractivity contribution in [2.45, 2.75) is 44.7 Å². The van der Waals surface area contributed by atoms with Gasteiger partial charge in [0, 0.05) is 0 Å². The molecule has 0 aromatic heterocycles. The molecule has 0 saturated carbocycles. The van der Waals surface area contributed by atoms with Crippen LogP contribution in [0.2, 0.25) is 0 Å². The number of alkyl halides is 1. The number of carbonyl (C=O) groups is 2. The molecule has 1 amide bonds. The molecule has 7 heteroatoms. The van der Waals surface area contributed by atoms with Crippen LogP contribution in [0.1, 0.15) is 20.8 Å². The number of aliphatic hydroxyl groups excluding tert-OH is 1. The number of β-amino-alcohol motifs (C(OH)–C–C–N with tert-alkyl or cyclic N) is 1. The van der Waals surface area contributed by atoms with Gasteiger partial charge in [-0.25, -0.2) is 14.0 Å². The summed E-state index contributed by atoms with van der Waals surface area (Å²) in [5.41, 5.74) is -0.806. The largest absolute Gasteiger partial charge is 0.480 e. The highest BCUT2D eigenvalue weighted by Gasteiger charge is 2.49. The zero-order valence-corrected chi connectivity index (χ0v) is 9.88. The summed E-state index contributed by atoms with van der Waals surface area (Å²) in [5.74, 6) is -1.50. The normalized spacial score (nSPS) is 29.2. The lowest BCUT2D eigenvalue weighted by Gasteiger charge is -2.26. The number of amides is 1. The molecule has 6 nitrogen and oxygen atoms in total. The van der Waals surface area contributed by atoms with E-state index in [1.807, 2.05) is 0 Å². The maximum absolute atomic E-state index is 13.4. The Labute approximate surface area is 98.0 Å². The van der Waals surface area contributed by atoms with Gasteiger partial charge in [-0.3, -0.25) is 4.90 Å². The molecule has 1 rings (SSSR count). The van der Waals surface area contributed by atoms with E-state index in [4.69, 9.17) is 9.84 Å². The van der Waals surface area contributed by atoms with Gasteiger partial charge in [0.1, 0.15) is 11.7 Å². The van der Waals surface area contributed by atoms with E-state index in [0.29, 0.717) is 4.90 Å². The van der Waals surface area contributed by atoms with E-state index >= 15 is 0 Å². The van der Waals surface area contributed by atoms with Crippen LogP contribution in [-0.4, -0.2) is 57.6 Å². The Morgan fingerprint density at radius 1 is 1.41 bits per heavy atom. The van der Waals surface area contributed by atoms with Crippen molar-refractivity contribution in [3.05, 3.63) is 0 Å². The quantitative estimate of drug-likeness (QED) is 0.702. The highest BCUT2D eigenvalue weighted by Crippen LogP contribution is 2.24. The van der Waals surface area contributed by atoms with E-state index in [2.05, 4.69) is 0 Å². The zero-order valence-electron chi connectivity index (χ0n) is 9.88. The minimum Gasteiger partial charge on any atom is -0.480 e. The summed E-state index contributed by atoms with van der Waals surface area (Å²) in [6.07, 6.45) is -4.44. The second-order valence-electron chi connectivity index (χ2n) is 4.93. The summed E-state index contributed by atoms with van der Waals surface area (Å²) in [6.45, 7) is 4.45. The summed E-state index contributed by atoms with van der Waals surface area (Å²) >= 11 is 0. The first kappa shape index (κ1) is 13.7. The number of carboxylic acids is 1. The summed E-state index contributed by atoms with van der Waals surface area (Å²) in [7, 11) is 0. The van der Waals surface area contributed by atoms with Crippen LogP contribution in [0.4, 0.5) is 9.18 Å². The van der Waals surface area contributed by atoms with E-state index < -0.39 is 36.0 Å². The zero-order chi connectivity index (χ0) is 13.4. The van der Waals surface area contributed by atoms with Crippen molar-refractivity contribution in [2.75, 3.05) is 6.54 Å². The Morgan fingerprint density at radius 2 is 1.94 bits per heavy atom. The number of aliphatic carboxylic acids is 1. The van der Waals surface area contributed by atoms with Gasteiger partial charge in [0.25, 0.3) is 0 Å². The van der Waals surface area contributed by atoms with Gasteiger partial charge in [-0.15, -0.1) is 0 Å². The van der Waals surface area contributed by atoms with Crippen molar-refractivity contribution in [3.63, 3.8) is 0 Å². The van der Waals surface area contributed by atoms with Crippen LogP contribution in [0.15, 0.2) is 0 Å². The second-order valence-corrected chi connectivity index (χ2v) is 4.93. The van der Waals surface area contributed by atoms with Crippen molar-refractivity contribution in [1.29, 1.82) is 0 Å². The molecule has 3 atom stereocenters. The number of hydrogen-bond donors (Lipinski definition) is 2. The van der Waals surface area contributed by atoms with Gasteiger partial charge in [-0.2, -0.15) is 0 Å². The minimum absolute atomic E-state index is 0.382. The van der Waals surface area contributed by atoms with Gasteiger partial charge in [-0.05, 0) is 20.8 Å². The Morgan fingerprint density at radius 3 is 2.35 bits per heavy atom. The highest BCUT2D eigenvalue weighted by molar-refractivity contribution is 5.81. The van der Waals surface area contributed by atoms with Crippen molar-refractivity contribution in [1.82, 2.24) is 4.90 Å². The molecule has 0 aromatic carbocycles. The van der Waals surface area contributed by atoms with E-state index in [1.165, 1.54) is 0 Å². The molecular weight excluding hydrogens is 233 g/mol. The third-order valence-corrected chi connectivity index (χ3v) is 2.27. The summed E-state index contributed by atoms with van der Waals surface area (Å²) in [5, 5.41) is 18.1. The third-order valence-electron chi connectivity index (χ3n) is 2.27. The van der Waals surface area contributed by atoms with Crippen molar-refractivity contribution in [3.8, 4) is 0 Å². The molecule has 1 aliphatic heterocycles. The smallest absolute Gasteiger partial charge is 0.411 e. The van der Waals surface area contributed by atoms with Crippen molar-refractivity contribution < 1.29 is 28.9 Å². The van der Waals surface area contributed by atoms with Gasteiger partial charge in [0.05, 0.1) is 6.54 Å². The van der Waals surface area contributed by atoms with Crippen LogP contribution in [0, 0.1) is 0 Å². The number of halogens is 1. The van der Waals surface area contributed by atoms with Crippen LogP contribution >= 0.6 is 0 Å². The van der Waals surface area contributed by atoms with Gasteiger partial charge in [0.15, 0.2) is 12.2 Å². The fourth-order valence-electron chi connectivity index (χ4n) is 1.58. The number of carboxylic acid groups (broad SMARTS) is 1. The SMILES string of the molecule is CC(C)(C)OC(=O)N1CC(O)C(F)C1C(=O)O. The highest BCUT2D eigenvalue weighted by atomic mass is 19.1. The minimum atomic E-state index is -2.00. The Balaban J connectivity index is 2.82. The van der Waals surface area contributed by atoms with Gasteiger partial charge < -0.3 is 14.9 Å². The van der Waals surface area contributed by atoms with E-state index in [-0.39, 0.29) is 6.54 Å². The number of carbonyl (C=O) groups excluding carboxylic acids is 1. The predicted molar refractivity (Wildman–Crippen MR) is 55.3 cm³/mol. The Kier molecular flexibility index (Phi) is 3.61. The number of likely N-dealkylation sites (tertiary alicyclic amines) is 1. The topological polar surface area (TPSA) is 87.1 Å². The third kappa shape index (κ3) is 3.06. The van der Waals surface area contributed by atoms with Crippen LogP contribution in [0.5, 0.6) is 0 Å². The Hall–Kier alpha value is -1.37. The van der Waals surface area contributed by atoms with Gasteiger partial charge >= 0.3 is 12.1 Å². The lowest BCUT2D eigenvalue weighted by molar-refractivity contribution is -0.144. The van der Waals surface area contributed by atoms with Crippen molar-refractivity contribution >= 4 is 12.1 Å². The molecule has 98 valence electrons. The number of rotatable bonds is 1. The fourth-order valence-corrected chi connectivity index (χ4v) is 1.58. The lowest BCUT2D eigenvalue weighted by Crippen LogP contribution is -2.46. The number of aliphatic hydroxyl groups is 1. The predicted octanol–water partition coefficient (Wildman–Crippen LogP) is 0.389. The molecule has 2 N–H and O–H groups in total. The van der Waals surface area contributed by atoms with Crippen LogP contribution in [0.3, 0.4) is 0 Å². The average molecular weight is 249 g/mol. The summed E-state index contributed by atoms with van der Waals surface area (Å²) in [6, 6.07) is -1.69. The maximum atomic E-state index is 13.4. The number of hydrogen-bond acceptors (Lipinski definition) is 4. The summed E-state index contributed by atoms with van der Waals surface area (Å²) < 4.78 is 18.3. The molecule has 17 heavy (non-hydrogen) atoms. The maximum Gasteiger partial charge on any atom is 0.411 e. The first-order chi connectivity index (χ1) is 7.63. The molecule has 1 saturated heterocycles. The molecular formula is C10H16FNO5. The standard InChI is InChI=1S/C10H16FNO5/c1-10(2,3)17-9(16)12-4-5(13)6(11)7(12)8(14)15/h5-7,13H,4H2,1-3H3,(H,14,15). The van der Waals surface area contributed by atoms with Crippen LogP contribution in [-0.2, 0) is 9.53 Å². The molecule has 0 aliphatic carbocycles. The molecule has 1 aliphatic rings. The molecule has 1 heterocycles. The molecule has 0 spiro atoms. The van der Waals surface area contributed by atoms with E-state index in [9.17, 15) is 19.1 Å². The molecule has 0 aromatic rings. The lowest BCUT2D eigenvalue weighted by atomic mass is 10.1. The molecule has 0 bridgehead atoms. The molecule has 1 fully saturated rings. The second kappa shape index (κ2) is 4.48. The van der Waals surface area contributed by atoms with E-state index in [0.717, 1.165) is 0 Å². The van der Waals surface area contributed by atoms with Gasteiger partial charge in [-0.1, -0.05) is 0 Å².